The number of rotatable bonds is 2. The van der Waals surface area contributed by atoms with E-state index in [1.54, 1.807) is 11.9 Å². The first kappa shape index (κ1) is 13.4. The zero-order valence-electron chi connectivity index (χ0n) is 11.3. The second-order valence-corrected chi connectivity index (χ2v) is 5.07. The van der Waals surface area contributed by atoms with Crippen LogP contribution in [0, 0.1) is 11.3 Å². The number of anilines is 1. The maximum atomic E-state index is 12.2. The average molecular weight is 264 g/mol. The molecule has 0 radical (unpaired) electrons. The van der Waals surface area contributed by atoms with E-state index in [2.05, 4.69) is 17.3 Å². The predicted octanol–water partition coefficient (Wildman–Crippen LogP) is 0.968. The second kappa shape index (κ2) is 5.29. The summed E-state index contributed by atoms with van der Waals surface area (Å²) in [6.45, 7) is 3.67. The number of nitrogens with one attached hydrogen (secondary N) is 2. The monoisotopic (exact) mass is 264 g/mol. The van der Waals surface area contributed by atoms with Crippen molar-refractivity contribution >= 4 is 17.7 Å². The fourth-order valence-corrected chi connectivity index (χ4v) is 2.34. The van der Waals surface area contributed by atoms with Gasteiger partial charge in [0.05, 0.1) is 11.8 Å². The number of carbonyl (C=O) groups excluding carboxylic acids is 1. The Balaban J connectivity index is 2.10. The minimum atomic E-state index is -0.155. The first-order valence-corrected chi connectivity index (χ1v) is 6.41. The van der Waals surface area contributed by atoms with Crippen molar-refractivity contribution in [1.82, 2.24) is 14.7 Å². The Morgan fingerprint density at radius 3 is 3.00 bits per heavy atom. The summed E-state index contributed by atoms with van der Waals surface area (Å²) < 4.78 is 1.52. The molecule has 2 heterocycles. The second-order valence-electron chi connectivity index (χ2n) is 5.07. The molecular formula is C12H20N6O. The van der Waals surface area contributed by atoms with Gasteiger partial charge in [-0.2, -0.15) is 5.10 Å². The molecule has 0 saturated carbocycles. The summed E-state index contributed by atoms with van der Waals surface area (Å²) in [6.07, 6.45) is 3.67. The fourth-order valence-electron chi connectivity index (χ4n) is 2.34. The smallest absolute Gasteiger partial charge is 0.323 e. The topological polar surface area (TPSA) is 100 Å². The molecule has 2 amide bonds. The van der Waals surface area contributed by atoms with E-state index in [0.29, 0.717) is 17.3 Å². The van der Waals surface area contributed by atoms with E-state index >= 15 is 0 Å². The van der Waals surface area contributed by atoms with E-state index in [4.69, 9.17) is 11.1 Å². The number of hydrogen-bond donors (Lipinski definition) is 3. The predicted molar refractivity (Wildman–Crippen MR) is 73.2 cm³/mol. The molecule has 0 bridgehead atoms. The lowest BCUT2D eigenvalue weighted by Gasteiger charge is -2.31. The summed E-state index contributed by atoms with van der Waals surface area (Å²) in [5, 5.41) is 14.3. The van der Waals surface area contributed by atoms with Crippen molar-refractivity contribution in [2.24, 2.45) is 18.7 Å². The van der Waals surface area contributed by atoms with Gasteiger partial charge in [-0.15, -0.1) is 0 Å². The molecule has 1 aliphatic heterocycles. The quantitative estimate of drug-likeness (QED) is 0.548. The summed E-state index contributed by atoms with van der Waals surface area (Å²) in [7, 11) is 1.71. The number of aromatic nitrogens is 2. The third-order valence-corrected chi connectivity index (χ3v) is 3.40. The van der Waals surface area contributed by atoms with Gasteiger partial charge in [0.25, 0.3) is 0 Å². The summed E-state index contributed by atoms with van der Waals surface area (Å²) in [5.74, 6) is 0.893. The first-order valence-electron chi connectivity index (χ1n) is 6.41. The van der Waals surface area contributed by atoms with Gasteiger partial charge < -0.3 is 10.6 Å². The number of nitrogen functional groups attached to an aromatic ring is 1. The van der Waals surface area contributed by atoms with Crippen molar-refractivity contribution in [3.05, 3.63) is 11.8 Å². The highest BCUT2D eigenvalue weighted by Crippen LogP contribution is 2.18. The first-order chi connectivity index (χ1) is 8.99. The van der Waals surface area contributed by atoms with Crippen LogP contribution in [-0.2, 0) is 7.05 Å². The minimum Gasteiger partial charge on any atom is -0.384 e. The fraction of sp³-hybridized carbons (Fsp3) is 0.583. The van der Waals surface area contributed by atoms with Crippen molar-refractivity contribution in [3.63, 3.8) is 0 Å². The SMILES string of the molecule is CC1CCCN(C(=O)Nc2c(C(=N)N)cnn2C)C1. The number of aryl methyl sites for hydroxylation is 1. The van der Waals surface area contributed by atoms with Crippen LogP contribution in [0.3, 0.4) is 0 Å². The van der Waals surface area contributed by atoms with E-state index in [1.165, 1.54) is 10.9 Å². The summed E-state index contributed by atoms with van der Waals surface area (Å²) in [4.78, 5) is 14.0. The number of carbonyl (C=O) groups is 1. The van der Waals surface area contributed by atoms with Crippen LogP contribution in [-0.4, -0.2) is 39.6 Å². The van der Waals surface area contributed by atoms with Gasteiger partial charge in [-0.3, -0.25) is 15.4 Å². The van der Waals surface area contributed by atoms with E-state index in [1.807, 2.05) is 0 Å². The van der Waals surface area contributed by atoms with Gasteiger partial charge in [0.2, 0.25) is 0 Å². The molecule has 7 heteroatoms. The van der Waals surface area contributed by atoms with Crippen LogP contribution in [0.25, 0.3) is 0 Å². The highest BCUT2D eigenvalue weighted by Gasteiger charge is 2.23. The number of piperidine rings is 1. The summed E-state index contributed by atoms with van der Waals surface area (Å²) in [6, 6.07) is -0.155. The number of hydrogen-bond acceptors (Lipinski definition) is 3. The molecular weight excluding hydrogens is 244 g/mol. The van der Waals surface area contributed by atoms with Crippen LogP contribution in [0.15, 0.2) is 6.20 Å². The van der Waals surface area contributed by atoms with Crippen LogP contribution in [0.5, 0.6) is 0 Å². The van der Waals surface area contributed by atoms with Gasteiger partial charge in [0, 0.05) is 20.1 Å². The Kier molecular flexibility index (Phi) is 3.73. The Morgan fingerprint density at radius 1 is 1.63 bits per heavy atom. The molecule has 1 aliphatic rings. The van der Waals surface area contributed by atoms with Crippen molar-refractivity contribution in [2.45, 2.75) is 19.8 Å². The van der Waals surface area contributed by atoms with Crippen LogP contribution >= 0.6 is 0 Å². The van der Waals surface area contributed by atoms with Crippen LogP contribution in [0.1, 0.15) is 25.3 Å². The van der Waals surface area contributed by atoms with Gasteiger partial charge in [0.15, 0.2) is 0 Å². The highest BCUT2D eigenvalue weighted by molar-refractivity contribution is 6.02. The molecule has 1 aromatic rings. The standard InChI is InChI=1S/C12H20N6O/c1-8-4-3-5-18(7-8)12(19)16-11-9(10(13)14)6-15-17(11)2/h6,8H,3-5,7H2,1-2H3,(H3,13,14)(H,16,19). The zero-order chi connectivity index (χ0) is 14.0. The molecule has 0 spiro atoms. The Bertz CT molecular complexity index is 494. The van der Waals surface area contributed by atoms with E-state index in [-0.39, 0.29) is 11.9 Å². The molecule has 0 aliphatic carbocycles. The Labute approximate surface area is 112 Å². The number of nitrogens with zero attached hydrogens (tertiary/aromatic N) is 3. The third-order valence-electron chi connectivity index (χ3n) is 3.40. The lowest BCUT2D eigenvalue weighted by Crippen LogP contribution is -2.42. The number of likely N-dealkylation sites (tertiary alicyclic amines) is 1. The molecule has 1 atom stereocenters. The number of urea groups is 1. The van der Waals surface area contributed by atoms with Crippen molar-refractivity contribution in [3.8, 4) is 0 Å². The molecule has 1 fully saturated rings. The number of amides is 2. The van der Waals surface area contributed by atoms with E-state index in [0.717, 1.165) is 25.9 Å². The molecule has 2 rings (SSSR count). The summed E-state index contributed by atoms with van der Waals surface area (Å²) >= 11 is 0. The lowest BCUT2D eigenvalue weighted by molar-refractivity contribution is 0.182. The molecule has 104 valence electrons. The molecule has 19 heavy (non-hydrogen) atoms. The molecule has 1 saturated heterocycles. The molecule has 1 aromatic heterocycles. The van der Waals surface area contributed by atoms with Gasteiger partial charge in [-0.05, 0) is 18.8 Å². The highest BCUT2D eigenvalue weighted by atomic mass is 16.2. The summed E-state index contributed by atoms with van der Waals surface area (Å²) in [5.41, 5.74) is 5.91. The number of nitrogens with two attached hydrogens (primary N) is 1. The Morgan fingerprint density at radius 2 is 2.37 bits per heavy atom. The normalized spacial score (nSPS) is 19.3. The molecule has 0 aromatic carbocycles. The largest absolute Gasteiger partial charge is 0.384 e. The van der Waals surface area contributed by atoms with Crippen LogP contribution in [0.2, 0.25) is 0 Å². The maximum absolute atomic E-state index is 12.2. The molecule has 1 unspecified atom stereocenters. The van der Waals surface area contributed by atoms with Crippen LogP contribution < -0.4 is 11.1 Å². The van der Waals surface area contributed by atoms with E-state index in [9.17, 15) is 4.79 Å². The third kappa shape index (κ3) is 2.86. The van der Waals surface area contributed by atoms with Gasteiger partial charge >= 0.3 is 6.03 Å². The minimum absolute atomic E-state index is 0.101. The van der Waals surface area contributed by atoms with Crippen LogP contribution in [0.4, 0.5) is 10.6 Å². The average Bonchev–Trinajstić information content (AvgIpc) is 2.71. The maximum Gasteiger partial charge on any atom is 0.323 e. The lowest BCUT2D eigenvalue weighted by atomic mass is 10.0. The van der Waals surface area contributed by atoms with Crippen molar-refractivity contribution in [1.29, 1.82) is 5.41 Å². The van der Waals surface area contributed by atoms with Gasteiger partial charge in [-0.25, -0.2) is 4.79 Å². The number of amidine groups is 1. The Hall–Kier alpha value is -2.05. The van der Waals surface area contributed by atoms with Gasteiger partial charge in [-0.1, -0.05) is 6.92 Å². The molecule has 7 nitrogen and oxygen atoms in total. The van der Waals surface area contributed by atoms with Crippen molar-refractivity contribution < 1.29 is 4.79 Å². The molecule has 4 N–H and O–H groups in total. The van der Waals surface area contributed by atoms with Gasteiger partial charge in [0.1, 0.15) is 11.7 Å². The zero-order valence-corrected chi connectivity index (χ0v) is 11.3. The van der Waals surface area contributed by atoms with E-state index < -0.39 is 0 Å². The van der Waals surface area contributed by atoms with Crippen molar-refractivity contribution in [2.75, 3.05) is 18.4 Å².